The van der Waals surface area contributed by atoms with Crippen LogP contribution in [0.15, 0.2) is 53.4 Å². The first kappa shape index (κ1) is 13.2. The molecule has 2 aromatic rings. The van der Waals surface area contributed by atoms with Crippen LogP contribution in [0.2, 0.25) is 0 Å². The monoisotopic (exact) mass is 257 g/mol. The van der Waals surface area contributed by atoms with E-state index in [0.717, 1.165) is 5.75 Å². The second kappa shape index (κ2) is 6.07. The van der Waals surface area contributed by atoms with Gasteiger partial charge in [-0.1, -0.05) is 42.0 Å². The summed E-state index contributed by atoms with van der Waals surface area (Å²) in [6, 6.07) is 17.3. The van der Waals surface area contributed by atoms with Crippen LogP contribution in [0.4, 0.5) is 0 Å². The molecule has 2 N–H and O–H groups in total. The van der Waals surface area contributed by atoms with Crippen molar-refractivity contribution in [1.82, 2.24) is 0 Å². The zero-order chi connectivity index (χ0) is 13.0. The summed E-state index contributed by atoms with van der Waals surface area (Å²) in [5, 5.41) is 0. The number of benzene rings is 2. The minimum atomic E-state index is 0.112. The van der Waals surface area contributed by atoms with Gasteiger partial charge in [-0.25, -0.2) is 0 Å². The molecule has 18 heavy (non-hydrogen) atoms. The van der Waals surface area contributed by atoms with Gasteiger partial charge in [0.1, 0.15) is 0 Å². The van der Waals surface area contributed by atoms with Gasteiger partial charge in [0.15, 0.2) is 0 Å². The van der Waals surface area contributed by atoms with E-state index >= 15 is 0 Å². The van der Waals surface area contributed by atoms with E-state index in [-0.39, 0.29) is 6.04 Å². The van der Waals surface area contributed by atoms with Gasteiger partial charge in [0.25, 0.3) is 0 Å². The zero-order valence-corrected chi connectivity index (χ0v) is 11.7. The Kier molecular flexibility index (Phi) is 4.45. The van der Waals surface area contributed by atoms with Gasteiger partial charge in [-0.15, -0.1) is 11.8 Å². The molecular formula is C16H19NS. The molecule has 1 nitrogen and oxygen atoms in total. The van der Waals surface area contributed by atoms with E-state index in [1.54, 1.807) is 0 Å². The number of aryl methyl sites for hydroxylation is 1. The van der Waals surface area contributed by atoms with Crippen LogP contribution < -0.4 is 5.73 Å². The highest BCUT2D eigenvalue weighted by atomic mass is 32.2. The third kappa shape index (κ3) is 3.62. The van der Waals surface area contributed by atoms with Crippen LogP contribution >= 0.6 is 11.8 Å². The maximum Gasteiger partial charge on any atom is 0.0266 e. The predicted octanol–water partition coefficient (Wildman–Crippen LogP) is 4.31. The third-order valence-corrected chi connectivity index (χ3v) is 4.02. The molecule has 0 radical (unpaired) electrons. The van der Waals surface area contributed by atoms with Crippen LogP contribution in [0.25, 0.3) is 0 Å². The molecule has 2 rings (SSSR count). The van der Waals surface area contributed by atoms with Crippen molar-refractivity contribution < 1.29 is 0 Å². The van der Waals surface area contributed by atoms with Crippen molar-refractivity contribution in [3.63, 3.8) is 0 Å². The highest BCUT2D eigenvalue weighted by molar-refractivity contribution is 7.98. The van der Waals surface area contributed by atoms with Crippen molar-refractivity contribution in [3.8, 4) is 0 Å². The van der Waals surface area contributed by atoms with Gasteiger partial charge < -0.3 is 5.73 Å². The van der Waals surface area contributed by atoms with E-state index in [4.69, 9.17) is 5.73 Å². The predicted molar refractivity (Wildman–Crippen MR) is 79.8 cm³/mol. The van der Waals surface area contributed by atoms with E-state index in [1.165, 1.54) is 21.6 Å². The summed E-state index contributed by atoms with van der Waals surface area (Å²) in [6.45, 7) is 4.12. The van der Waals surface area contributed by atoms with Crippen molar-refractivity contribution in [1.29, 1.82) is 0 Å². The number of hydrogen-bond acceptors (Lipinski definition) is 2. The fourth-order valence-corrected chi connectivity index (χ4v) is 2.57. The highest BCUT2D eigenvalue weighted by Crippen LogP contribution is 2.24. The van der Waals surface area contributed by atoms with Crippen molar-refractivity contribution in [2.45, 2.75) is 30.5 Å². The molecule has 0 aliphatic rings. The summed E-state index contributed by atoms with van der Waals surface area (Å²) in [5.41, 5.74) is 9.70. The average Bonchev–Trinajstić information content (AvgIpc) is 2.38. The standard InChI is InChI=1S/C16H19NS/c1-12-3-5-14(6-4-12)11-18-16-9-7-15(8-10-16)13(2)17/h3-10,13H,11,17H2,1-2H3. The molecule has 0 aromatic heterocycles. The Morgan fingerprint density at radius 1 is 1.00 bits per heavy atom. The van der Waals surface area contributed by atoms with Crippen molar-refractivity contribution in [3.05, 3.63) is 65.2 Å². The van der Waals surface area contributed by atoms with Crippen LogP contribution in [0, 0.1) is 6.92 Å². The number of hydrogen-bond donors (Lipinski definition) is 1. The first-order chi connectivity index (χ1) is 8.65. The summed E-state index contributed by atoms with van der Waals surface area (Å²) < 4.78 is 0. The zero-order valence-electron chi connectivity index (χ0n) is 10.9. The Morgan fingerprint density at radius 2 is 1.61 bits per heavy atom. The largest absolute Gasteiger partial charge is 0.324 e. The summed E-state index contributed by atoms with van der Waals surface area (Å²) in [5.74, 6) is 1.01. The Hall–Kier alpha value is -1.25. The number of rotatable bonds is 4. The van der Waals surface area contributed by atoms with Gasteiger partial charge in [-0.2, -0.15) is 0 Å². The molecule has 0 fully saturated rings. The van der Waals surface area contributed by atoms with E-state index < -0.39 is 0 Å². The van der Waals surface area contributed by atoms with Gasteiger partial charge in [0, 0.05) is 16.7 Å². The molecule has 0 saturated carbocycles. The molecule has 2 heteroatoms. The topological polar surface area (TPSA) is 26.0 Å². The SMILES string of the molecule is Cc1ccc(CSc2ccc(C(C)N)cc2)cc1. The molecule has 0 bridgehead atoms. The quantitative estimate of drug-likeness (QED) is 0.826. The highest BCUT2D eigenvalue weighted by Gasteiger charge is 2.00. The number of nitrogens with two attached hydrogens (primary N) is 1. The molecule has 1 unspecified atom stereocenters. The molecule has 0 heterocycles. The second-order valence-corrected chi connectivity index (χ2v) is 5.68. The Morgan fingerprint density at radius 3 is 2.17 bits per heavy atom. The minimum absolute atomic E-state index is 0.112. The van der Waals surface area contributed by atoms with E-state index in [2.05, 4.69) is 55.5 Å². The van der Waals surface area contributed by atoms with Crippen LogP contribution in [0.1, 0.15) is 29.7 Å². The van der Waals surface area contributed by atoms with Crippen molar-refractivity contribution in [2.75, 3.05) is 0 Å². The summed E-state index contributed by atoms with van der Waals surface area (Å²) in [4.78, 5) is 1.29. The molecule has 0 amide bonds. The van der Waals surface area contributed by atoms with Gasteiger partial charge in [-0.05, 0) is 37.1 Å². The second-order valence-electron chi connectivity index (χ2n) is 4.63. The van der Waals surface area contributed by atoms with Crippen LogP contribution in [-0.2, 0) is 5.75 Å². The van der Waals surface area contributed by atoms with Gasteiger partial charge in [0.05, 0.1) is 0 Å². The molecule has 0 aliphatic heterocycles. The van der Waals surface area contributed by atoms with Gasteiger partial charge >= 0.3 is 0 Å². The summed E-state index contributed by atoms with van der Waals surface area (Å²) in [6.07, 6.45) is 0. The maximum atomic E-state index is 5.84. The lowest BCUT2D eigenvalue weighted by molar-refractivity contribution is 0.817. The molecular weight excluding hydrogens is 238 g/mol. The van der Waals surface area contributed by atoms with E-state index in [1.807, 2.05) is 18.7 Å². The lowest BCUT2D eigenvalue weighted by atomic mass is 10.1. The fraction of sp³-hybridized carbons (Fsp3) is 0.250. The summed E-state index contributed by atoms with van der Waals surface area (Å²) in [7, 11) is 0. The molecule has 94 valence electrons. The van der Waals surface area contributed by atoms with Crippen LogP contribution in [0.3, 0.4) is 0 Å². The third-order valence-electron chi connectivity index (χ3n) is 2.93. The van der Waals surface area contributed by atoms with Crippen molar-refractivity contribution in [2.24, 2.45) is 5.73 Å². The molecule has 0 saturated heterocycles. The number of thioether (sulfide) groups is 1. The smallest absolute Gasteiger partial charge is 0.0266 e. The normalized spacial score (nSPS) is 12.4. The Labute approximate surface area is 113 Å². The maximum absolute atomic E-state index is 5.84. The first-order valence-electron chi connectivity index (χ1n) is 6.19. The Bertz CT molecular complexity index is 486. The van der Waals surface area contributed by atoms with Crippen molar-refractivity contribution >= 4 is 11.8 Å². The van der Waals surface area contributed by atoms with Gasteiger partial charge in [-0.3, -0.25) is 0 Å². The Balaban J connectivity index is 1.95. The first-order valence-corrected chi connectivity index (χ1v) is 7.17. The summed E-state index contributed by atoms with van der Waals surface area (Å²) >= 11 is 1.86. The molecule has 1 atom stereocenters. The van der Waals surface area contributed by atoms with Crippen LogP contribution in [0.5, 0.6) is 0 Å². The lowest BCUT2D eigenvalue weighted by Crippen LogP contribution is -2.04. The lowest BCUT2D eigenvalue weighted by Gasteiger charge is -2.07. The minimum Gasteiger partial charge on any atom is -0.324 e. The average molecular weight is 257 g/mol. The molecule has 0 spiro atoms. The van der Waals surface area contributed by atoms with Gasteiger partial charge in [0.2, 0.25) is 0 Å². The fourth-order valence-electron chi connectivity index (χ4n) is 1.72. The van der Waals surface area contributed by atoms with E-state index in [0.29, 0.717) is 0 Å². The molecule has 0 aliphatic carbocycles. The van der Waals surface area contributed by atoms with Crippen LogP contribution in [-0.4, -0.2) is 0 Å². The van der Waals surface area contributed by atoms with E-state index in [9.17, 15) is 0 Å². The molecule has 2 aromatic carbocycles.